The molecule has 0 saturated heterocycles. The number of carbonyl (C=O) groups excluding carboxylic acids is 3. The van der Waals surface area contributed by atoms with Crippen LogP contribution in [0.4, 0.5) is 0 Å². The molecule has 0 heterocycles. The van der Waals surface area contributed by atoms with Crippen molar-refractivity contribution in [3.05, 3.63) is 0 Å². The minimum absolute atomic E-state index is 0.0729. The fourth-order valence-electron chi connectivity index (χ4n) is 1.48. The SMILES string of the molecule is CCCCNC(=O)CCCSCC(=O)NCCC(=O)NC. The van der Waals surface area contributed by atoms with Crippen LogP contribution in [0, 0.1) is 0 Å². The summed E-state index contributed by atoms with van der Waals surface area (Å²) in [7, 11) is 1.57. The van der Waals surface area contributed by atoms with Gasteiger partial charge in [-0.05, 0) is 18.6 Å². The van der Waals surface area contributed by atoms with Gasteiger partial charge in [0.15, 0.2) is 0 Å². The molecule has 6 nitrogen and oxygen atoms in total. The summed E-state index contributed by atoms with van der Waals surface area (Å²) in [5.74, 6) is 1.07. The van der Waals surface area contributed by atoms with Crippen LogP contribution in [0.1, 0.15) is 39.0 Å². The third kappa shape index (κ3) is 13.5. The monoisotopic (exact) mass is 317 g/mol. The van der Waals surface area contributed by atoms with Crippen molar-refractivity contribution < 1.29 is 14.4 Å². The molecule has 0 aliphatic carbocycles. The summed E-state index contributed by atoms with van der Waals surface area (Å²) in [6, 6.07) is 0. The van der Waals surface area contributed by atoms with E-state index in [0.717, 1.165) is 31.6 Å². The Morgan fingerprint density at radius 2 is 1.62 bits per heavy atom. The fraction of sp³-hybridized carbons (Fsp3) is 0.786. The highest BCUT2D eigenvalue weighted by molar-refractivity contribution is 7.99. The number of thioether (sulfide) groups is 1. The van der Waals surface area contributed by atoms with E-state index in [2.05, 4.69) is 22.9 Å². The summed E-state index contributed by atoms with van der Waals surface area (Å²) >= 11 is 1.50. The highest BCUT2D eigenvalue weighted by Crippen LogP contribution is 2.04. The molecule has 0 aromatic carbocycles. The summed E-state index contributed by atoms with van der Waals surface area (Å²) in [5.41, 5.74) is 0. The van der Waals surface area contributed by atoms with Crippen LogP contribution in [0.2, 0.25) is 0 Å². The molecule has 0 radical (unpaired) electrons. The van der Waals surface area contributed by atoms with Gasteiger partial charge in [-0.2, -0.15) is 11.8 Å². The molecular weight excluding hydrogens is 290 g/mol. The van der Waals surface area contributed by atoms with Gasteiger partial charge in [0.2, 0.25) is 17.7 Å². The summed E-state index contributed by atoms with van der Waals surface area (Å²) in [6.07, 6.45) is 3.66. The second-order valence-corrected chi connectivity index (χ2v) is 5.74. The molecule has 0 spiro atoms. The van der Waals surface area contributed by atoms with Crippen LogP contribution >= 0.6 is 11.8 Å². The van der Waals surface area contributed by atoms with E-state index < -0.39 is 0 Å². The average molecular weight is 317 g/mol. The number of rotatable bonds is 12. The van der Waals surface area contributed by atoms with Gasteiger partial charge in [0.05, 0.1) is 5.75 Å². The summed E-state index contributed by atoms with van der Waals surface area (Å²) in [5, 5.41) is 8.04. The largest absolute Gasteiger partial charge is 0.359 e. The summed E-state index contributed by atoms with van der Waals surface area (Å²) in [6.45, 7) is 3.19. The van der Waals surface area contributed by atoms with E-state index >= 15 is 0 Å². The molecule has 0 fully saturated rings. The number of carbonyl (C=O) groups is 3. The summed E-state index contributed by atoms with van der Waals surface area (Å²) < 4.78 is 0. The molecule has 0 atom stereocenters. The zero-order valence-electron chi connectivity index (χ0n) is 13.0. The maximum absolute atomic E-state index is 11.4. The van der Waals surface area contributed by atoms with Crippen LogP contribution in [0.25, 0.3) is 0 Å². The third-order valence-corrected chi connectivity index (χ3v) is 3.77. The molecule has 0 aromatic heterocycles. The molecular formula is C14H27N3O3S. The van der Waals surface area contributed by atoms with E-state index in [1.54, 1.807) is 7.05 Å². The van der Waals surface area contributed by atoms with E-state index in [9.17, 15) is 14.4 Å². The first-order chi connectivity index (χ1) is 10.1. The van der Waals surface area contributed by atoms with Gasteiger partial charge in [-0.1, -0.05) is 13.3 Å². The molecule has 0 aliphatic heterocycles. The van der Waals surface area contributed by atoms with Gasteiger partial charge < -0.3 is 16.0 Å². The normalized spacial score (nSPS) is 10.0. The topological polar surface area (TPSA) is 87.3 Å². The van der Waals surface area contributed by atoms with Gasteiger partial charge in [0.1, 0.15) is 0 Å². The Balaban J connectivity index is 3.39. The first kappa shape index (κ1) is 19.8. The van der Waals surface area contributed by atoms with Gasteiger partial charge in [-0.25, -0.2) is 0 Å². The highest BCUT2D eigenvalue weighted by Gasteiger charge is 2.04. The van der Waals surface area contributed by atoms with Crippen molar-refractivity contribution in [2.24, 2.45) is 0 Å². The Kier molecular flexibility index (Phi) is 12.9. The lowest BCUT2D eigenvalue weighted by Gasteiger charge is -2.05. The van der Waals surface area contributed by atoms with Crippen molar-refractivity contribution in [1.29, 1.82) is 0 Å². The molecule has 21 heavy (non-hydrogen) atoms. The number of hydrogen-bond acceptors (Lipinski definition) is 4. The predicted molar refractivity (Wildman–Crippen MR) is 86.2 cm³/mol. The molecule has 7 heteroatoms. The zero-order valence-corrected chi connectivity index (χ0v) is 13.8. The molecule has 122 valence electrons. The Morgan fingerprint density at radius 1 is 0.905 bits per heavy atom. The first-order valence-corrected chi connectivity index (χ1v) is 8.57. The molecule has 0 aliphatic rings. The van der Waals surface area contributed by atoms with Crippen LogP contribution in [-0.4, -0.2) is 49.4 Å². The molecule has 0 bridgehead atoms. The van der Waals surface area contributed by atoms with Crippen molar-refractivity contribution in [2.45, 2.75) is 39.0 Å². The Bertz CT molecular complexity index is 325. The van der Waals surface area contributed by atoms with Gasteiger partial charge in [0, 0.05) is 33.0 Å². The van der Waals surface area contributed by atoms with Gasteiger partial charge in [-0.15, -0.1) is 0 Å². The fourth-order valence-corrected chi connectivity index (χ4v) is 2.26. The van der Waals surface area contributed by atoms with Gasteiger partial charge in [0.25, 0.3) is 0 Å². The quantitative estimate of drug-likeness (QED) is 0.462. The van der Waals surface area contributed by atoms with E-state index in [-0.39, 0.29) is 17.7 Å². The second-order valence-electron chi connectivity index (χ2n) is 4.63. The van der Waals surface area contributed by atoms with E-state index in [1.165, 1.54) is 11.8 Å². The van der Waals surface area contributed by atoms with E-state index in [0.29, 0.717) is 25.1 Å². The third-order valence-electron chi connectivity index (χ3n) is 2.73. The van der Waals surface area contributed by atoms with E-state index in [4.69, 9.17) is 0 Å². The molecule has 0 saturated carbocycles. The standard InChI is InChI=1S/C14H27N3O3S/c1-3-4-8-16-13(19)6-5-10-21-11-14(20)17-9-7-12(18)15-2/h3-11H2,1-2H3,(H,15,18)(H,16,19)(H,17,20). The maximum atomic E-state index is 11.4. The highest BCUT2D eigenvalue weighted by atomic mass is 32.2. The lowest BCUT2D eigenvalue weighted by atomic mass is 10.3. The van der Waals surface area contributed by atoms with Crippen LogP contribution in [0.3, 0.4) is 0 Å². The van der Waals surface area contributed by atoms with Crippen molar-refractivity contribution in [3.8, 4) is 0 Å². The van der Waals surface area contributed by atoms with Crippen LogP contribution in [0.15, 0.2) is 0 Å². The van der Waals surface area contributed by atoms with Crippen LogP contribution < -0.4 is 16.0 Å². The maximum Gasteiger partial charge on any atom is 0.230 e. The lowest BCUT2D eigenvalue weighted by molar-refractivity contribution is -0.122. The predicted octanol–water partition coefficient (Wildman–Crippen LogP) is 0.668. The zero-order chi connectivity index (χ0) is 15.9. The van der Waals surface area contributed by atoms with Crippen molar-refractivity contribution in [1.82, 2.24) is 16.0 Å². The number of unbranched alkanes of at least 4 members (excludes halogenated alkanes) is 1. The van der Waals surface area contributed by atoms with Gasteiger partial charge >= 0.3 is 0 Å². The first-order valence-electron chi connectivity index (χ1n) is 7.41. The average Bonchev–Trinajstić information content (AvgIpc) is 2.47. The molecule has 0 unspecified atom stereocenters. The second kappa shape index (κ2) is 13.7. The number of nitrogens with one attached hydrogen (secondary N) is 3. The Morgan fingerprint density at radius 3 is 2.29 bits per heavy atom. The van der Waals surface area contributed by atoms with Crippen LogP contribution in [-0.2, 0) is 14.4 Å². The summed E-state index contributed by atoms with van der Waals surface area (Å²) in [4.78, 5) is 33.8. The number of hydrogen-bond donors (Lipinski definition) is 3. The minimum Gasteiger partial charge on any atom is -0.359 e. The van der Waals surface area contributed by atoms with Crippen LogP contribution in [0.5, 0.6) is 0 Å². The minimum atomic E-state index is -0.0861. The van der Waals surface area contributed by atoms with Crippen molar-refractivity contribution >= 4 is 29.5 Å². The molecule has 0 rings (SSSR count). The Labute approximate surface area is 131 Å². The lowest BCUT2D eigenvalue weighted by Crippen LogP contribution is -2.30. The number of amides is 3. The van der Waals surface area contributed by atoms with Gasteiger partial charge in [-0.3, -0.25) is 14.4 Å². The Hall–Kier alpha value is -1.24. The smallest absolute Gasteiger partial charge is 0.230 e. The molecule has 3 N–H and O–H groups in total. The van der Waals surface area contributed by atoms with Crippen molar-refractivity contribution in [3.63, 3.8) is 0 Å². The molecule has 0 aromatic rings. The van der Waals surface area contributed by atoms with E-state index in [1.807, 2.05) is 0 Å². The van der Waals surface area contributed by atoms with Crippen molar-refractivity contribution in [2.75, 3.05) is 31.6 Å². The molecule has 3 amide bonds.